The van der Waals surface area contributed by atoms with E-state index in [-0.39, 0.29) is 18.6 Å². The third-order valence-electron chi connectivity index (χ3n) is 5.31. The van der Waals surface area contributed by atoms with Crippen molar-refractivity contribution in [3.8, 4) is 17.2 Å². The third-order valence-corrected chi connectivity index (χ3v) is 5.31. The van der Waals surface area contributed by atoms with Crippen LogP contribution in [0, 0.1) is 0 Å². The van der Waals surface area contributed by atoms with Gasteiger partial charge in [-0.15, -0.1) is 6.58 Å². The quantitative estimate of drug-likeness (QED) is 0.509. The number of carbonyl (C=O) groups is 1. The molecule has 1 atom stereocenters. The molecule has 2 aromatic carbocycles. The van der Waals surface area contributed by atoms with E-state index in [1.54, 1.807) is 19.1 Å². The van der Waals surface area contributed by atoms with Gasteiger partial charge in [-0.05, 0) is 43.0 Å². The lowest BCUT2D eigenvalue weighted by Gasteiger charge is -2.26. The summed E-state index contributed by atoms with van der Waals surface area (Å²) in [5.41, 5.74) is 2.02. The summed E-state index contributed by atoms with van der Waals surface area (Å²) in [6, 6.07) is 13.4. The second-order valence-corrected chi connectivity index (χ2v) is 7.49. The van der Waals surface area contributed by atoms with Gasteiger partial charge in [0.1, 0.15) is 5.75 Å². The molecule has 6 heteroatoms. The molecule has 2 aromatic rings. The molecule has 0 saturated carbocycles. The summed E-state index contributed by atoms with van der Waals surface area (Å²) in [5, 5.41) is 0. The molecule has 0 N–H and O–H groups in total. The zero-order chi connectivity index (χ0) is 22.1. The summed E-state index contributed by atoms with van der Waals surface area (Å²) in [6.07, 6.45) is 4.59. The van der Waals surface area contributed by atoms with Crippen LogP contribution in [0.4, 0.5) is 0 Å². The van der Waals surface area contributed by atoms with E-state index in [0.29, 0.717) is 24.6 Å². The van der Waals surface area contributed by atoms with Crippen molar-refractivity contribution in [2.75, 3.05) is 34.0 Å². The fourth-order valence-corrected chi connectivity index (χ4v) is 3.68. The Labute approximate surface area is 184 Å². The minimum atomic E-state index is -0.112. The molecule has 3 rings (SSSR count). The smallest absolute Gasteiger partial charge is 0.260 e. The summed E-state index contributed by atoms with van der Waals surface area (Å²) < 4.78 is 22.5. The van der Waals surface area contributed by atoms with Gasteiger partial charge in [0.2, 0.25) is 0 Å². The van der Waals surface area contributed by atoms with Gasteiger partial charge < -0.3 is 23.8 Å². The molecule has 0 radical (unpaired) electrons. The SMILES string of the molecule is C=CCc1ccc(OCC(=O)N(Cc2ccccc2OC)CC2CCCO2)c(OC)c1. The van der Waals surface area contributed by atoms with E-state index >= 15 is 0 Å². The maximum Gasteiger partial charge on any atom is 0.260 e. The Morgan fingerprint density at radius 3 is 2.68 bits per heavy atom. The van der Waals surface area contributed by atoms with Gasteiger partial charge in [-0.1, -0.05) is 30.3 Å². The van der Waals surface area contributed by atoms with Gasteiger partial charge in [-0.3, -0.25) is 4.79 Å². The van der Waals surface area contributed by atoms with E-state index in [1.165, 1.54) is 0 Å². The van der Waals surface area contributed by atoms with Crippen molar-refractivity contribution in [1.82, 2.24) is 4.90 Å². The van der Waals surface area contributed by atoms with Gasteiger partial charge in [-0.2, -0.15) is 0 Å². The fourth-order valence-electron chi connectivity index (χ4n) is 3.68. The predicted molar refractivity (Wildman–Crippen MR) is 120 cm³/mol. The van der Waals surface area contributed by atoms with E-state index in [4.69, 9.17) is 18.9 Å². The molecule has 1 heterocycles. The van der Waals surface area contributed by atoms with Crippen molar-refractivity contribution in [1.29, 1.82) is 0 Å². The normalized spacial score (nSPS) is 15.4. The van der Waals surface area contributed by atoms with E-state index < -0.39 is 0 Å². The largest absolute Gasteiger partial charge is 0.496 e. The minimum Gasteiger partial charge on any atom is -0.496 e. The van der Waals surface area contributed by atoms with Crippen molar-refractivity contribution in [3.05, 3.63) is 66.2 Å². The Morgan fingerprint density at radius 1 is 1.16 bits per heavy atom. The number of allylic oxidation sites excluding steroid dienone is 1. The molecule has 1 amide bonds. The zero-order valence-electron chi connectivity index (χ0n) is 18.3. The predicted octanol–water partition coefficient (Wildman–Crippen LogP) is 4.02. The van der Waals surface area contributed by atoms with E-state index in [9.17, 15) is 4.79 Å². The van der Waals surface area contributed by atoms with Crippen LogP contribution in [0.15, 0.2) is 55.1 Å². The number of carbonyl (C=O) groups excluding carboxylic acids is 1. The number of ether oxygens (including phenoxy) is 4. The van der Waals surface area contributed by atoms with Crippen LogP contribution < -0.4 is 14.2 Å². The molecule has 1 aliphatic heterocycles. The number of amides is 1. The first-order valence-electron chi connectivity index (χ1n) is 10.6. The Kier molecular flexibility index (Phi) is 8.35. The Bertz CT molecular complexity index is 876. The highest BCUT2D eigenvalue weighted by molar-refractivity contribution is 5.78. The van der Waals surface area contributed by atoms with Crippen molar-refractivity contribution in [2.45, 2.75) is 31.9 Å². The first-order valence-corrected chi connectivity index (χ1v) is 10.6. The molecule has 0 spiro atoms. The molecule has 1 unspecified atom stereocenters. The van der Waals surface area contributed by atoms with Crippen molar-refractivity contribution >= 4 is 5.91 Å². The van der Waals surface area contributed by atoms with Crippen LogP contribution in [0.25, 0.3) is 0 Å². The number of rotatable bonds is 11. The highest BCUT2D eigenvalue weighted by Crippen LogP contribution is 2.29. The highest BCUT2D eigenvalue weighted by Gasteiger charge is 2.24. The molecular formula is C25H31NO5. The number of benzene rings is 2. The molecule has 0 aromatic heterocycles. The van der Waals surface area contributed by atoms with Crippen LogP contribution in [0.2, 0.25) is 0 Å². The lowest BCUT2D eigenvalue weighted by molar-refractivity contribution is -0.135. The fraction of sp³-hybridized carbons (Fsp3) is 0.400. The van der Waals surface area contributed by atoms with Crippen LogP contribution in [-0.2, 0) is 22.5 Å². The molecule has 6 nitrogen and oxygen atoms in total. The summed E-state index contributed by atoms with van der Waals surface area (Å²) in [6.45, 7) is 5.37. The van der Waals surface area contributed by atoms with Gasteiger partial charge >= 0.3 is 0 Å². The van der Waals surface area contributed by atoms with E-state index in [2.05, 4.69) is 6.58 Å². The summed E-state index contributed by atoms with van der Waals surface area (Å²) in [5.74, 6) is 1.78. The molecule has 1 fully saturated rings. The van der Waals surface area contributed by atoms with Gasteiger partial charge in [0.25, 0.3) is 5.91 Å². The van der Waals surface area contributed by atoms with Crippen molar-refractivity contribution in [2.24, 2.45) is 0 Å². The summed E-state index contributed by atoms with van der Waals surface area (Å²) >= 11 is 0. The molecule has 1 saturated heterocycles. The third kappa shape index (κ3) is 6.25. The van der Waals surface area contributed by atoms with Gasteiger partial charge in [0.15, 0.2) is 18.1 Å². The monoisotopic (exact) mass is 425 g/mol. The van der Waals surface area contributed by atoms with Crippen LogP contribution in [0.3, 0.4) is 0 Å². The molecule has 166 valence electrons. The summed E-state index contributed by atoms with van der Waals surface area (Å²) in [7, 11) is 3.23. The van der Waals surface area contributed by atoms with Crippen LogP contribution in [0.5, 0.6) is 17.2 Å². The highest BCUT2D eigenvalue weighted by atomic mass is 16.5. The van der Waals surface area contributed by atoms with Crippen LogP contribution in [-0.4, -0.2) is 50.9 Å². The minimum absolute atomic E-state index is 0.0476. The van der Waals surface area contributed by atoms with Crippen LogP contribution >= 0.6 is 0 Å². The van der Waals surface area contributed by atoms with Gasteiger partial charge in [0.05, 0.1) is 20.3 Å². The summed E-state index contributed by atoms with van der Waals surface area (Å²) in [4.78, 5) is 14.9. The first-order chi connectivity index (χ1) is 15.1. The Morgan fingerprint density at radius 2 is 1.97 bits per heavy atom. The lowest BCUT2D eigenvalue weighted by Crippen LogP contribution is -2.39. The topological polar surface area (TPSA) is 57.2 Å². The maximum absolute atomic E-state index is 13.1. The first kappa shape index (κ1) is 22.7. The standard InChI is InChI=1S/C25H31NO5/c1-4-8-19-12-13-23(24(15-19)29-3)31-18-25(27)26(17-21-10-7-14-30-21)16-20-9-5-6-11-22(20)28-2/h4-6,9,11-13,15,21H,1,7-8,10,14,16-18H2,2-3H3. The average molecular weight is 426 g/mol. The molecule has 0 bridgehead atoms. The average Bonchev–Trinajstić information content (AvgIpc) is 3.31. The Hall–Kier alpha value is -2.99. The molecule has 31 heavy (non-hydrogen) atoms. The lowest BCUT2D eigenvalue weighted by atomic mass is 10.1. The zero-order valence-corrected chi connectivity index (χ0v) is 18.3. The van der Waals surface area contributed by atoms with E-state index in [1.807, 2.05) is 48.5 Å². The number of nitrogens with zero attached hydrogens (tertiary/aromatic N) is 1. The van der Waals surface area contributed by atoms with Crippen molar-refractivity contribution < 1.29 is 23.7 Å². The number of para-hydroxylation sites is 1. The maximum atomic E-state index is 13.1. The second kappa shape index (κ2) is 11.4. The van der Waals surface area contributed by atoms with Crippen molar-refractivity contribution in [3.63, 3.8) is 0 Å². The number of hydrogen-bond donors (Lipinski definition) is 0. The number of methoxy groups -OCH3 is 2. The Balaban J connectivity index is 1.71. The molecule has 1 aliphatic rings. The van der Waals surface area contributed by atoms with E-state index in [0.717, 1.165) is 42.7 Å². The van der Waals surface area contributed by atoms with Crippen LogP contribution in [0.1, 0.15) is 24.0 Å². The molecule has 0 aliphatic carbocycles. The molecular weight excluding hydrogens is 394 g/mol. The number of hydrogen-bond acceptors (Lipinski definition) is 5. The van der Waals surface area contributed by atoms with Gasteiger partial charge in [0, 0.05) is 25.3 Å². The second-order valence-electron chi connectivity index (χ2n) is 7.49. The van der Waals surface area contributed by atoms with Gasteiger partial charge in [-0.25, -0.2) is 0 Å².